The molecule has 4 aromatic heterocycles. The van der Waals surface area contributed by atoms with E-state index in [0.717, 1.165) is 39.1 Å². The quantitative estimate of drug-likeness (QED) is 0.498. The maximum atomic E-state index is 6.21. The summed E-state index contributed by atoms with van der Waals surface area (Å²) < 4.78 is 9.24. The van der Waals surface area contributed by atoms with Gasteiger partial charge in [0.05, 0.1) is 6.26 Å². The van der Waals surface area contributed by atoms with E-state index in [9.17, 15) is 0 Å². The van der Waals surface area contributed by atoms with E-state index in [1.54, 1.807) is 12.3 Å². The van der Waals surface area contributed by atoms with Gasteiger partial charge in [0.15, 0.2) is 5.76 Å². The number of hydrogen-bond donors (Lipinski definition) is 1. The number of piperidine rings is 2. The standard InChI is InChI=1S/C23H29N9O/c24-21-26-22(27-23-25-20(28-32(21)23)19-6-4-14-33-19)31-11-3-5-17(16-31)15-29-12-7-18(8-13-29)30-9-1-2-10-30/h1-2,4,6,9-10,14,17-18H,3,5,7-8,11-13,15-16H2,(H2,24,25,26,27,28). The molecule has 2 N–H and O–H groups in total. The van der Waals surface area contributed by atoms with E-state index in [-0.39, 0.29) is 5.95 Å². The molecule has 0 aliphatic carbocycles. The Bertz CT molecular complexity index is 1190. The summed E-state index contributed by atoms with van der Waals surface area (Å²) in [4.78, 5) is 18.6. The van der Waals surface area contributed by atoms with Gasteiger partial charge in [-0.05, 0) is 55.9 Å². The third-order valence-corrected chi connectivity index (χ3v) is 6.89. The van der Waals surface area contributed by atoms with Crippen molar-refractivity contribution < 1.29 is 4.42 Å². The number of aromatic nitrogens is 6. The van der Waals surface area contributed by atoms with Gasteiger partial charge in [-0.25, -0.2) is 0 Å². The third kappa shape index (κ3) is 4.06. The first kappa shape index (κ1) is 20.2. The Hall–Kier alpha value is -3.40. The van der Waals surface area contributed by atoms with Crippen molar-refractivity contribution in [1.82, 2.24) is 34.0 Å². The van der Waals surface area contributed by atoms with E-state index in [1.165, 1.54) is 23.8 Å². The summed E-state index contributed by atoms with van der Waals surface area (Å²) in [7, 11) is 0. The Balaban J connectivity index is 1.12. The number of nitrogens with zero attached hydrogens (tertiary/aromatic N) is 8. The average molecular weight is 448 g/mol. The molecule has 0 radical (unpaired) electrons. The maximum absolute atomic E-state index is 6.21. The van der Waals surface area contributed by atoms with Crippen molar-refractivity contribution in [3.05, 3.63) is 42.9 Å². The Morgan fingerprint density at radius 1 is 1.00 bits per heavy atom. The molecule has 0 spiro atoms. The van der Waals surface area contributed by atoms with Crippen LogP contribution in [0.1, 0.15) is 31.7 Å². The van der Waals surface area contributed by atoms with E-state index >= 15 is 0 Å². The zero-order chi connectivity index (χ0) is 22.2. The van der Waals surface area contributed by atoms with Crippen LogP contribution in [0.3, 0.4) is 0 Å². The first-order valence-corrected chi connectivity index (χ1v) is 11.8. The van der Waals surface area contributed by atoms with Gasteiger partial charge >= 0.3 is 0 Å². The van der Waals surface area contributed by atoms with E-state index in [4.69, 9.17) is 10.2 Å². The molecule has 1 atom stereocenters. The number of furan rings is 1. The Morgan fingerprint density at radius 2 is 1.85 bits per heavy atom. The van der Waals surface area contributed by atoms with Crippen molar-refractivity contribution in [2.45, 2.75) is 31.7 Å². The zero-order valence-corrected chi connectivity index (χ0v) is 18.6. The summed E-state index contributed by atoms with van der Waals surface area (Å²) in [6, 6.07) is 8.49. The second-order valence-electron chi connectivity index (χ2n) is 9.12. The molecule has 10 nitrogen and oxygen atoms in total. The van der Waals surface area contributed by atoms with Gasteiger partial charge in [0.25, 0.3) is 5.78 Å². The minimum atomic E-state index is 0.287. The van der Waals surface area contributed by atoms with Gasteiger partial charge in [0, 0.05) is 51.2 Å². The van der Waals surface area contributed by atoms with Crippen molar-refractivity contribution in [3.63, 3.8) is 0 Å². The van der Waals surface area contributed by atoms with E-state index in [2.05, 4.69) is 58.9 Å². The van der Waals surface area contributed by atoms with Gasteiger partial charge < -0.3 is 24.5 Å². The van der Waals surface area contributed by atoms with Crippen molar-refractivity contribution in [2.24, 2.45) is 5.92 Å². The van der Waals surface area contributed by atoms with Crippen LogP contribution in [-0.4, -0.2) is 66.8 Å². The van der Waals surface area contributed by atoms with Crippen LogP contribution in [0.15, 0.2) is 47.3 Å². The minimum absolute atomic E-state index is 0.287. The maximum Gasteiger partial charge on any atom is 0.259 e. The van der Waals surface area contributed by atoms with E-state index in [0.29, 0.717) is 35.3 Å². The highest BCUT2D eigenvalue weighted by molar-refractivity contribution is 5.53. The Morgan fingerprint density at radius 3 is 2.64 bits per heavy atom. The molecule has 33 heavy (non-hydrogen) atoms. The molecule has 1 unspecified atom stereocenters. The molecular formula is C23H29N9O. The lowest BCUT2D eigenvalue weighted by Gasteiger charge is -2.38. The number of hydrogen-bond acceptors (Lipinski definition) is 8. The van der Waals surface area contributed by atoms with Gasteiger partial charge in [-0.1, -0.05) is 0 Å². The van der Waals surface area contributed by atoms with Crippen molar-refractivity contribution in [3.8, 4) is 11.6 Å². The molecule has 6 heterocycles. The predicted molar refractivity (Wildman–Crippen MR) is 125 cm³/mol. The Labute approximate surface area is 192 Å². The van der Waals surface area contributed by atoms with Gasteiger partial charge in [-0.2, -0.15) is 19.5 Å². The fourth-order valence-corrected chi connectivity index (χ4v) is 5.20. The number of rotatable bonds is 5. The first-order chi connectivity index (χ1) is 16.2. The molecule has 2 aliphatic heterocycles. The number of nitrogens with two attached hydrogens (primary N) is 1. The number of nitrogen functional groups attached to an aromatic ring is 1. The fraction of sp³-hybridized carbons (Fsp3) is 0.478. The van der Waals surface area contributed by atoms with E-state index < -0.39 is 0 Å². The van der Waals surface area contributed by atoms with E-state index in [1.807, 2.05) is 6.07 Å². The number of fused-ring (bicyclic) bond motifs is 1. The molecule has 0 bridgehead atoms. The fourth-order valence-electron chi connectivity index (χ4n) is 5.20. The minimum Gasteiger partial charge on any atom is -0.461 e. The summed E-state index contributed by atoms with van der Waals surface area (Å²) in [5.74, 6) is 3.00. The molecule has 6 rings (SSSR count). The second-order valence-corrected chi connectivity index (χ2v) is 9.12. The monoisotopic (exact) mass is 447 g/mol. The predicted octanol–water partition coefficient (Wildman–Crippen LogP) is 2.72. The molecule has 2 saturated heterocycles. The van der Waals surface area contributed by atoms with Crippen LogP contribution in [0.5, 0.6) is 0 Å². The molecule has 2 fully saturated rings. The SMILES string of the molecule is Nc1nc(N2CCCC(CN3CCC(n4cccc4)CC3)C2)nc2nc(-c3ccco3)nn12. The summed E-state index contributed by atoms with van der Waals surface area (Å²) in [6.07, 6.45) is 10.8. The van der Waals surface area contributed by atoms with Crippen molar-refractivity contribution >= 4 is 17.7 Å². The summed E-state index contributed by atoms with van der Waals surface area (Å²) in [6.45, 7) is 5.31. The van der Waals surface area contributed by atoms with Gasteiger partial charge in [0.1, 0.15) is 0 Å². The summed E-state index contributed by atoms with van der Waals surface area (Å²) in [5, 5.41) is 4.39. The molecule has 0 saturated carbocycles. The summed E-state index contributed by atoms with van der Waals surface area (Å²) in [5.41, 5.74) is 6.21. The highest BCUT2D eigenvalue weighted by atomic mass is 16.3. The lowest BCUT2D eigenvalue weighted by molar-refractivity contribution is 0.156. The third-order valence-electron chi connectivity index (χ3n) is 6.89. The second kappa shape index (κ2) is 8.51. The van der Waals surface area contributed by atoms with Crippen LogP contribution in [0.4, 0.5) is 11.9 Å². The van der Waals surface area contributed by atoms with Crippen molar-refractivity contribution in [2.75, 3.05) is 43.4 Å². The molecule has 2 aliphatic rings. The van der Waals surface area contributed by atoms with Crippen LogP contribution in [0.2, 0.25) is 0 Å². The lowest BCUT2D eigenvalue weighted by atomic mass is 9.96. The number of likely N-dealkylation sites (tertiary alicyclic amines) is 1. The van der Waals surface area contributed by atoms with Gasteiger partial charge in [0.2, 0.25) is 17.7 Å². The molecular weight excluding hydrogens is 418 g/mol. The lowest BCUT2D eigenvalue weighted by Crippen LogP contribution is -2.44. The molecule has 0 amide bonds. The normalized spacial score (nSPS) is 20.6. The van der Waals surface area contributed by atoms with Crippen molar-refractivity contribution in [1.29, 1.82) is 0 Å². The highest BCUT2D eigenvalue weighted by Crippen LogP contribution is 2.27. The van der Waals surface area contributed by atoms with Crippen LogP contribution in [0, 0.1) is 5.92 Å². The topological polar surface area (TPSA) is 107 Å². The zero-order valence-electron chi connectivity index (χ0n) is 18.6. The molecule has 0 aromatic carbocycles. The smallest absolute Gasteiger partial charge is 0.259 e. The molecule has 172 valence electrons. The van der Waals surface area contributed by atoms with Gasteiger partial charge in [-0.15, -0.1) is 5.10 Å². The van der Waals surface area contributed by atoms with Crippen LogP contribution < -0.4 is 10.6 Å². The average Bonchev–Trinajstić information content (AvgIpc) is 3.61. The first-order valence-electron chi connectivity index (χ1n) is 11.8. The Kier molecular flexibility index (Phi) is 5.21. The summed E-state index contributed by atoms with van der Waals surface area (Å²) >= 11 is 0. The van der Waals surface area contributed by atoms with Crippen LogP contribution in [0.25, 0.3) is 17.4 Å². The van der Waals surface area contributed by atoms with Crippen LogP contribution in [-0.2, 0) is 0 Å². The van der Waals surface area contributed by atoms with Crippen LogP contribution >= 0.6 is 0 Å². The molecule has 4 aromatic rings. The largest absolute Gasteiger partial charge is 0.461 e. The number of anilines is 2. The molecule has 10 heteroatoms. The van der Waals surface area contributed by atoms with Gasteiger partial charge in [-0.3, -0.25) is 0 Å². The highest BCUT2D eigenvalue weighted by Gasteiger charge is 2.27.